The molecule has 2 saturated heterocycles. The molecule has 3 aliphatic rings. The van der Waals surface area contributed by atoms with Crippen LogP contribution in [-0.4, -0.2) is 53.3 Å². The number of fused-ring (bicyclic) bond motifs is 1. The first-order valence-corrected chi connectivity index (χ1v) is 9.02. The smallest absolute Gasteiger partial charge is 0.0690 e. The van der Waals surface area contributed by atoms with Gasteiger partial charge in [-0.1, -0.05) is 13.8 Å². The van der Waals surface area contributed by atoms with Crippen LogP contribution < -0.4 is 5.73 Å². The van der Waals surface area contributed by atoms with E-state index in [1.165, 1.54) is 25.1 Å². The van der Waals surface area contributed by atoms with Crippen molar-refractivity contribution in [3.05, 3.63) is 0 Å². The van der Waals surface area contributed by atoms with Crippen LogP contribution in [0.5, 0.6) is 0 Å². The van der Waals surface area contributed by atoms with Gasteiger partial charge >= 0.3 is 0 Å². The SMILES string of the molecule is CC1(C)CN(CC2(N)C3CCCOC3C2(C)C)CCS1. The van der Waals surface area contributed by atoms with Crippen LogP contribution in [-0.2, 0) is 4.74 Å². The molecule has 2 N–H and O–H groups in total. The molecule has 0 radical (unpaired) electrons. The minimum atomic E-state index is -0.0732. The van der Waals surface area contributed by atoms with Crippen LogP contribution in [0.15, 0.2) is 0 Å². The highest BCUT2D eigenvalue weighted by molar-refractivity contribution is 8.00. The predicted octanol–water partition coefficient (Wildman–Crippen LogP) is 2.35. The Labute approximate surface area is 128 Å². The third-order valence-corrected chi connectivity index (χ3v) is 7.18. The molecule has 0 bridgehead atoms. The maximum Gasteiger partial charge on any atom is 0.0690 e. The van der Waals surface area contributed by atoms with Gasteiger partial charge in [-0.2, -0.15) is 11.8 Å². The van der Waals surface area contributed by atoms with Crippen molar-refractivity contribution in [3.63, 3.8) is 0 Å². The molecule has 0 spiro atoms. The fraction of sp³-hybridized carbons (Fsp3) is 1.00. The lowest BCUT2D eigenvalue weighted by molar-refractivity contribution is -0.232. The summed E-state index contributed by atoms with van der Waals surface area (Å²) in [6, 6.07) is 0. The average Bonchev–Trinajstić information content (AvgIpc) is 2.37. The lowest BCUT2D eigenvalue weighted by Crippen LogP contribution is -2.80. The second kappa shape index (κ2) is 4.87. The van der Waals surface area contributed by atoms with E-state index in [0.29, 0.717) is 16.8 Å². The Balaban J connectivity index is 1.72. The van der Waals surface area contributed by atoms with Crippen molar-refractivity contribution < 1.29 is 4.74 Å². The molecule has 20 heavy (non-hydrogen) atoms. The van der Waals surface area contributed by atoms with Crippen LogP contribution in [0.4, 0.5) is 0 Å². The second-order valence-electron chi connectivity index (χ2n) is 8.12. The zero-order valence-corrected chi connectivity index (χ0v) is 14.3. The summed E-state index contributed by atoms with van der Waals surface area (Å²) in [5.41, 5.74) is 6.96. The molecule has 1 aliphatic carbocycles. The van der Waals surface area contributed by atoms with Gasteiger partial charge in [0.15, 0.2) is 0 Å². The van der Waals surface area contributed by atoms with E-state index in [-0.39, 0.29) is 11.0 Å². The Kier molecular flexibility index (Phi) is 3.69. The van der Waals surface area contributed by atoms with E-state index in [4.69, 9.17) is 10.5 Å². The van der Waals surface area contributed by atoms with E-state index in [1.807, 2.05) is 0 Å². The number of hydrogen-bond donors (Lipinski definition) is 1. The molecule has 0 aromatic heterocycles. The lowest BCUT2D eigenvalue weighted by atomic mass is 9.46. The monoisotopic (exact) mass is 298 g/mol. The van der Waals surface area contributed by atoms with Crippen molar-refractivity contribution in [2.45, 2.75) is 56.9 Å². The third kappa shape index (κ3) is 2.23. The third-order valence-electron chi connectivity index (χ3n) is 5.88. The summed E-state index contributed by atoms with van der Waals surface area (Å²) in [7, 11) is 0. The summed E-state index contributed by atoms with van der Waals surface area (Å²) in [6.07, 6.45) is 2.81. The predicted molar refractivity (Wildman–Crippen MR) is 86.1 cm³/mol. The zero-order chi connectivity index (χ0) is 14.6. The topological polar surface area (TPSA) is 38.5 Å². The maximum absolute atomic E-state index is 6.93. The molecule has 116 valence electrons. The summed E-state index contributed by atoms with van der Waals surface area (Å²) in [4.78, 5) is 2.60. The Hall–Kier alpha value is 0.230. The van der Waals surface area contributed by atoms with Crippen molar-refractivity contribution in [2.24, 2.45) is 17.1 Å². The van der Waals surface area contributed by atoms with Crippen molar-refractivity contribution in [1.29, 1.82) is 0 Å². The highest BCUT2D eigenvalue weighted by atomic mass is 32.2. The molecule has 3 atom stereocenters. The van der Waals surface area contributed by atoms with Crippen LogP contribution in [0, 0.1) is 11.3 Å². The number of thioether (sulfide) groups is 1. The average molecular weight is 298 g/mol. The Morgan fingerprint density at radius 2 is 2.05 bits per heavy atom. The standard InChI is InChI=1S/C16H30N2OS/c1-14(2)10-18(7-9-20-14)11-16(17)12-6-5-8-19-13(12)15(16,3)4/h12-13H,5-11,17H2,1-4H3. The molecule has 1 saturated carbocycles. The van der Waals surface area contributed by atoms with E-state index < -0.39 is 0 Å². The van der Waals surface area contributed by atoms with Gasteiger partial charge < -0.3 is 10.5 Å². The maximum atomic E-state index is 6.93. The van der Waals surface area contributed by atoms with Gasteiger partial charge in [-0.25, -0.2) is 0 Å². The highest BCUT2D eigenvalue weighted by Crippen LogP contribution is 2.57. The van der Waals surface area contributed by atoms with Crippen LogP contribution >= 0.6 is 11.8 Å². The Morgan fingerprint density at radius 3 is 2.75 bits per heavy atom. The molecule has 3 rings (SSSR count). The van der Waals surface area contributed by atoms with Gasteiger partial charge in [0.2, 0.25) is 0 Å². The molecule has 4 heteroatoms. The number of hydrogen-bond acceptors (Lipinski definition) is 4. The molecule has 3 unspecified atom stereocenters. The number of nitrogens with zero attached hydrogens (tertiary/aromatic N) is 1. The summed E-state index contributed by atoms with van der Waals surface area (Å²) >= 11 is 2.09. The normalized spacial score (nSPS) is 43.6. The number of rotatable bonds is 2. The van der Waals surface area contributed by atoms with E-state index in [1.54, 1.807) is 0 Å². The van der Waals surface area contributed by atoms with Gasteiger partial charge in [0, 0.05) is 53.6 Å². The summed E-state index contributed by atoms with van der Waals surface area (Å²) in [5.74, 6) is 1.79. The minimum Gasteiger partial charge on any atom is -0.377 e. The number of ether oxygens (including phenoxy) is 1. The van der Waals surface area contributed by atoms with Crippen LogP contribution in [0.3, 0.4) is 0 Å². The van der Waals surface area contributed by atoms with Crippen molar-refractivity contribution in [1.82, 2.24) is 4.90 Å². The summed E-state index contributed by atoms with van der Waals surface area (Å²) < 4.78 is 6.38. The molecule has 0 amide bonds. The fourth-order valence-electron chi connectivity index (χ4n) is 4.61. The van der Waals surface area contributed by atoms with Crippen molar-refractivity contribution in [3.8, 4) is 0 Å². The highest BCUT2D eigenvalue weighted by Gasteiger charge is 2.66. The van der Waals surface area contributed by atoms with Gasteiger partial charge in [-0.15, -0.1) is 0 Å². The first-order chi connectivity index (χ1) is 9.26. The van der Waals surface area contributed by atoms with Gasteiger partial charge in [-0.05, 0) is 26.7 Å². The molecule has 3 nitrogen and oxygen atoms in total. The lowest BCUT2D eigenvalue weighted by Gasteiger charge is -2.67. The Bertz CT molecular complexity index is 385. The minimum absolute atomic E-state index is 0.0732. The molecular formula is C16H30N2OS. The molecule has 3 fully saturated rings. The fourth-order valence-corrected chi connectivity index (χ4v) is 5.78. The second-order valence-corrected chi connectivity index (χ2v) is 9.92. The first kappa shape index (κ1) is 15.1. The van der Waals surface area contributed by atoms with Crippen molar-refractivity contribution >= 4 is 11.8 Å². The molecule has 2 heterocycles. The summed E-state index contributed by atoms with van der Waals surface area (Å²) in [5, 5.41) is 0. The van der Waals surface area contributed by atoms with E-state index in [2.05, 4.69) is 44.4 Å². The van der Waals surface area contributed by atoms with E-state index in [9.17, 15) is 0 Å². The van der Waals surface area contributed by atoms with Crippen LogP contribution in [0.2, 0.25) is 0 Å². The van der Waals surface area contributed by atoms with Gasteiger partial charge in [0.25, 0.3) is 0 Å². The zero-order valence-electron chi connectivity index (χ0n) is 13.4. The molecule has 0 aromatic rings. The Morgan fingerprint density at radius 1 is 1.30 bits per heavy atom. The van der Waals surface area contributed by atoms with Gasteiger partial charge in [0.1, 0.15) is 0 Å². The largest absolute Gasteiger partial charge is 0.377 e. The first-order valence-electron chi connectivity index (χ1n) is 8.03. The number of nitrogens with two attached hydrogens (primary N) is 1. The molecule has 0 aromatic carbocycles. The van der Waals surface area contributed by atoms with Crippen LogP contribution in [0.25, 0.3) is 0 Å². The molecular weight excluding hydrogens is 268 g/mol. The van der Waals surface area contributed by atoms with E-state index >= 15 is 0 Å². The molecule has 2 aliphatic heterocycles. The van der Waals surface area contributed by atoms with Crippen molar-refractivity contribution in [2.75, 3.05) is 32.0 Å². The summed E-state index contributed by atoms with van der Waals surface area (Å²) in [6.45, 7) is 13.6. The van der Waals surface area contributed by atoms with E-state index in [0.717, 1.165) is 19.7 Å². The quantitative estimate of drug-likeness (QED) is 0.849. The van der Waals surface area contributed by atoms with Gasteiger partial charge in [-0.3, -0.25) is 4.90 Å². The van der Waals surface area contributed by atoms with Crippen LogP contribution in [0.1, 0.15) is 40.5 Å². The van der Waals surface area contributed by atoms with Gasteiger partial charge in [0.05, 0.1) is 6.10 Å².